The molecule has 0 spiro atoms. The maximum atomic E-state index is 11.5. The fraction of sp³-hybridized carbons (Fsp3) is 0.545. The van der Waals surface area contributed by atoms with Crippen LogP contribution in [0, 0.1) is 24.2 Å². The molecule has 0 unspecified atom stereocenters. The summed E-state index contributed by atoms with van der Waals surface area (Å²) in [5.74, 6) is 0.537. The first kappa shape index (κ1) is 11.4. The summed E-state index contributed by atoms with van der Waals surface area (Å²) >= 11 is 0. The van der Waals surface area contributed by atoms with Gasteiger partial charge in [0.25, 0.3) is 5.56 Å². The van der Waals surface area contributed by atoms with Crippen LogP contribution in [0.4, 0.5) is 0 Å². The van der Waals surface area contributed by atoms with Crippen molar-refractivity contribution in [3.8, 4) is 6.07 Å². The zero-order valence-corrected chi connectivity index (χ0v) is 9.32. The second-order valence-corrected chi connectivity index (χ2v) is 4.00. The third-order valence-corrected chi connectivity index (χ3v) is 2.22. The molecule has 0 bridgehead atoms. The Morgan fingerprint density at radius 1 is 1.60 bits per heavy atom. The molecule has 0 saturated heterocycles. The van der Waals surface area contributed by atoms with Gasteiger partial charge in [-0.05, 0) is 19.3 Å². The van der Waals surface area contributed by atoms with Crippen LogP contribution in [-0.4, -0.2) is 9.78 Å². The van der Waals surface area contributed by atoms with Crippen LogP contribution in [0.25, 0.3) is 0 Å². The monoisotopic (exact) mass is 205 g/mol. The number of hydrogen-bond acceptors (Lipinski definition) is 3. The van der Waals surface area contributed by atoms with Crippen molar-refractivity contribution in [2.45, 2.75) is 33.7 Å². The highest BCUT2D eigenvalue weighted by molar-refractivity contribution is 5.30. The van der Waals surface area contributed by atoms with E-state index in [4.69, 9.17) is 5.26 Å². The molecule has 0 fully saturated rings. The van der Waals surface area contributed by atoms with E-state index in [1.54, 1.807) is 6.92 Å². The highest BCUT2D eigenvalue weighted by Crippen LogP contribution is 2.02. The Bertz CT molecular complexity index is 440. The Morgan fingerprint density at radius 2 is 2.27 bits per heavy atom. The average Bonchev–Trinajstić information content (AvgIpc) is 2.18. The van der Waals surface area contributed by atoms with E-state index in [1.807, 2.05) is 6.07 Å². The highest BCUT2D eigenvalue weighted by atomic mass is 16.1. The van der Waals surface area contributed by atoms with Gasteiger partial charge in [-0.15, -0.1) is 0 Å². The molecule has 0 aliphatic rings. The number of rotatable bonds is 3. The van der Waals surface area contributed by atoms with Crippen LogP contribution in [0.1, 0.15) is 31.5 Å². The molecule has 1 heterocycles. The predicted octanol–water partition coefficient (Wildman–Crippen LogP) is 1.47. The molecular formula is C11H15N3O. The Balaban J connectivity index is 2.97. The van der Waals surface area contributed by atoms with Crippen molar-refractivity contribution in [3.05, 3.63) is 27.7 Å². The molecule has 4 nitrogen and oxygen atoms in total. The summed E-state index contributed by atoms with van der Waals surface area (Å²) in [5, 5.41) is 12.8. The van der Waals surface area contributed by atoms with Crippen molar-refractivity contribution in [1.82, 2.24) is 9.78 Å². The van der Waals surface area contributed by atoms with Crippen molar-refractivity contribution >= 4 is 0 Å². The number of aromatic nitrogens is 2. The molecule has 0 atom stereocenters. The maximum Gasteiger partial charge on any atom is 0.268 e. The van der Waals surface area contributed by atoms with E-state index in [-0.39, 0.29) is 5.56 Å². The molecule has 1 rings (SSSR count). The van der Waals surface area contributed by atoms with Gasteiger partial charge in [0.05, 0.1) is 11.3 Å². The largest absolute Gasteiger partial charge is 0.268 e. The lowest BCUT2D eigenvalue weighted by atomic mass is 10.1. The molecule has 0 saturated carbocycles. The molecule has 1 aromatic rings. The third-order valence-electron chi connectivity index (χ3n) is 2.22. The molecule has 1 aromatic heterocycles. The molecular weight excluding hydrogens is 190 g/mol. The maximum absolute atomic E-state index is 11.5. The summed E-state index contributed by atoms with van der Waals surface area (Å²) in [7, 11) is 0. The zero-order valence-electron chi connectivity index (χ0n) is 9.32. The van der Waals surface area contributed by atoms with Crippen molar-refractivity contribution in [1.29, 1.82) is 5.26 Å². The lowest BCUT2D eigenvalue weighted by molar-refractivity contribution is 0.468. The normalized spacial score (nSPS) is 10.3. The molecule has 15 heavy (non-hydrogen) atoms. The highest BCUT2D eigenvalue weighted by Gasteiger charge is 2.04. The summed E-state index contributed by atoms with van der Waals surface area (Å²) in [6.07, 6.45) is 0.915. The fourth-order valence-electron chi connectivity index (χ4n) is 1.24. The van der Waals surface area contributed by atoms with Gasteiger partial charge in [-0.25, -0.2) is 4.68 Å². The molecule has 4 heteroatoms. The topological polar surface area (TPSA) is 58.7 Å². The van der Waals surface area contributed by atoms with E-state index in [0.717, 1.165) is 6.42 Å². The van der Waals surface area contributed by atoms with Crippen LogP contribution in [0.15, 0.2) is 10.9 Å². The van der Waals surface area contributed by atoms with E-state index in [1.165, 1.54) is 10.7 Å². The minimum atomic E-state index is -0.196. The summed E-state index contributed by atoms with van der Waals surface area (Å²) in [6.45, 7) is 6.55. The van der Waals surface area contributed by atoms with Gasteiger partial charge in [0.2, 0.25) is 0 Å². The number of nitrogens with zero attached hydrogens (tertiary/aromatic N) is 3. The lowest BCUT2D eigenvalue weighted by Crippen LogP contribution is -2.24. The predicted molar refractivity (Wildman–Crippen MR) is 57.4 cm³/mol. The summed E-state index contributed by atoms with van der Waals surface area (Å²) in [5.41, 5.74) is 0.777. The van der Waals surface area contributed by atoms with Gasteiger partial charge >= 0.3 is 0 Å². The van der Waals surface area contributed by atoms with Crippen LogP contribution in [-0.2, 0) is 6.54 Å². The van der Waals surface area contributed by atoms with E-state index in [0.29, 0.717) is 23.7 Å². The number of nitriles is 1. The first-order valence-corrected chi connectivity index (χ1v) is 5.03. The van der Waals surface area contributed by atoms with E-state index in [9.17, 15) is 4.79 Å². The van der Waals surface area contributed by atoms with Crippen LogP contribution in [0.3, 0.4) is 0 Å². The van der Waals surface area contributed by atoms with Crippen LogP contribution in [0.2, 0.25) is 0 Å². The van der Waals surface area contributed by atoms with Gasteiger partial charge in [-0.2, -0.15) is 10.4 Å². The molecule has 80 valence electrons. The Labute approximate surface area is 89.2 Å². The number of aryl methyl sites for hydroxylation is 2. The van der Waals surface area contributed by atoms with Gasteiger partial charge < -0.3 is 0 Å². The fourth-order valence-corrected chi connectivity index (χ4v) is 1.24. The summed E-state index contributed by atoms with van der Waals surface area (Å²) in [6, 6.07) is 3.30. The van der Waals surface area contributed by atoms with Crippen molar-refractivity contribution < 1.29 is 0 Å². The van der Waals surface area contributed by atoms with Crippen molar-refractivity contribution in [2.75, 3.05) is 0 Å². The van der Waals surface area contributed by atoms with E-state index in [2.05, 4.69) is 18.9 Å². The van der Waals surface area contributed by atoms with Crippen LogP contribution in [0.5, 0.6) is 0 Å². The quantitative estimate of drug-likeness (QED) is 0.750. The SMILES string of the molecule is Cc1nn(CCC(C)C)c(=O)cc1C#N. The molecule has 0 aromatic carbocycles. The minimum absolute atomic E-state index is 0.196. The first-order chi connectivity index (χ1) is 7.04. The Kier molecular flexibility index (Phi) is 3.62. The van der Waals surface area contributed by atoms with Crippen molar-refractivity contribution in [3.63, 3.8) is 0 Å². The van der Waals surface area contributed by atoms with Gasteiger partial charge in [0, 0.05) is 12.6 Å². The summed E-state index contributed by atoms with van der Waals surface area (Å²) in [4.78, 5) is 11.5. The van der Waals surface area contributed by atoms with E-state index >= 15 is 0 Å². The minimum Gasteiger partial charge on any atom is -0.268 e. The molecule has 0 aliphatic carbocycles. The third kappa shape index (κ3) is 2.91. The second-order valence-electron chi connectivity index (χ2n) is 4.00. The Morgan fingerprint density at radius 3 is 2.80 bits per heavy atom. The lowest BCUT2D eigenvalue weighted by Gasteiger charge is -2.07. The van der Waals surface area contributed by atoms with E-state index < -0.39 is 0 Å². The zero-order chi connectivity index (χ0) is 11.4. The van der Waals surface area contributed by atoms with Crippen molar-refractivity contribution in [2.24, 2.45) is 5.92 Å². The molecule has 0 radical (unpaired) electrons. The van der Waals surface area contributed by atoms with Gasteiger partial charge in [-0.1, -0.05) is 13.8 Å². The average molecular weight is 205 g/mol. The van der Waals surface area contributed by atoms with Crippen LogP contribution >= 0.6 is 0 Å². The smallest absolute Gasteiger partial charge is 0.268 e. The second kappa shape index (κ2) is 4.74. The molecule has 0 N–H and O–H groups in total. The molecule has 0 aliphatic heterocycles. The standard InChI is InChI=1S/C11H15N3O/c1-8(2)4-5-14-11(15)6-10(7-12)9(3)13-14/h6,8H,4-5H2,1-3H3. The first-order valence-electron chi connectivity index (χ1n) is 5.03. The molecule has 0 amide bonds. The Hall–Kier alpha value is -1.63. The van der Waals surface area contributed by atoms with Gasteiger partial charge in [0.15, 0.2) is 0 Å². The van der Waals surface area contributed by atoms with Gasteiger partial charge in [-0.3, -0.25) is 4.79 Å². The number of hydrogen-bond donors (Lipinski definition) is 0. The van der Waals surface area contributed by atoms with Crippen LogP contribution < -0.4 is 5.56 Å². The van der Waals surface area contributed by atoms with Gasteiger partial charge in [0.1, 0.15) is 6.07 Å². The summed E-state index contributed by atoms with van der Waals surface area (Å²) < 4.78 is 1.43.